The van der Waals surface area contributed by atoms with E-state index in [-0.39, 0.29) is 12.3 Å². The van der Waals surface area contributed by atoms with Gasteiger partial charge in [0.25, 0.3) is 0 Å². The highest BCUT2D eigenvalue weighted by Crippen LogP contribution is 2.21. The van der Waals surface area contributed by atoms with Crippen molar-refractivity contribution < 1.29 is 9.21 Å². The maximum atomic E-state index is 12.3. The summed E-state index contributed by atoms with van der Waals surface area (Å²) in [6.07, 6.45) is 1.56. The summed E-state index contributed by atoms with van der Waals surface area (Å²) in [5.41, 5.74) is 1.21. The first-order chi connectivity index (χ1) is 11.2. The van der Waals surface area contributed by atoms with Crippen molar-refractivity contribution in [3.05, 3.63) is 76.8 Å². The van der Waals surface area contributed by atoms with Crippen molar-refractivity contribution in [2.45, 2.75) is 6.54 Å². The number of carbonyl (C=O) groups excluding carboxylic acids is 1. The normalized spacial score (nSPS) is 11.1. The lowest BCUT2D eigenvalue weighted by Gasteiger charge is -2.00. The van der Waals surface area contributed by atoms with Gasteiger partial charge in [-0.05, 0) is 12.1 Å². The van der Waals surface area contributed by atoms with Crippen LogP contribution in [-0.2, 0) is 6.54 Å². The first kappa shape index (κ1) is 13.5. The Labute approximate surface area is 130 Å². The van der Waals surface area contributed by atoms with Crippen LogP contribution >= 0.6 is 0 Å². The Morgan fingerprint density at radius 2 is 1.74 bits per heavy atom. The van der Waals surface area contributed by atoms with Gasteiger partial charge in [0.2, 0.25) is 0 Å². The molecule has 2 aromatic carbocycles. The Morgan fingerprint density at radius 3 is 2.57 bits per heavy atom. The van der Waals surface area contributed by atoms with E-state index in [2.05, 4.69) is 5.10 Å². The molecule has 0 unspecified atom stereocenters. The zero-order valence-electron chi connectivity index (χ0n) is 12.1. The molecule has 0 radical (unpaired) electrons. The van der Waals surface area contributed by atoms with Crippen molar-refractivity contribution in [3.63, 3.8) is 0 Å². The monoisotopic (exact) mass is 304 g/mol. The highest BCUT2D eigenvalue weighted by atomic mass is 16.4. The predicted molar refractivity (Wildman–Crippen MR) is 86.5 cm³/mol. The van der Waals surface area contributed by atoms with Gasteiger partial charge in [-0.3, -0.25) is 9.48 Å². The molecule has 4 rings (SSSR count). The molecule has 23 heavy (non-hydrogen) atoms. The number of aromatic nitrogens is 2. The largest absolute Gasteiger partial charge is 0.422 e. The Hall–Kier alpha value is -3.21. The molecule has 0 atom stereocenters. The third kappa shape index (κ3) is 2.32. The van der Waals surface area contributed by atoms with Gasteiger partial charge in [-0.15, -0.1) is 0 Å². The molecule has 2 heterocycles. The Balaban J connectivity index is 1.80. The van der Waals surface area contributed by atoms with Crippen LogP contribution in [0.3, 0.4) is 0 Å². The molecule has 5 heteroatoms. The molecule has 2 aromatic heterocycles. The molecular formula is C18H12N2O3. The molecular weight excluding hydrogens is 292 g/mol. The average Bonchev–Trinajstić information content (AvgIpc) is 3.00. The number of nitrogens with zero attached hydrogens (tertiary/aromatic N) is 2. The van der Waals surface area contributed by atoms with E-state index in [0.29, 0.717) is 22.0 Å². The van der Waals surface area contributed by atoms with Crippen LogP contribution in [0.4, 0.5) is 0 Å². The summed E-state index contributed by atoms with van der Waals surface area (Å²) in [6, 6.07) is 16.2. The smallest absolute Gasteiger partial charge is 0.347 e. The van der Waals surface area contributed by atoms with Gasteiger partial charge in [-0.2, -0.15) is 5.10 Å². The number of fused-ring (bicyclic) bond motifs is 3. The van der Waals surface area contributed by atoms with E-state index in [1.807, 2.05) is 30.3 Å². The van der Waals surface area contributed by atoms with Gasteiger partial charge < -0.3 is 4.42 Å². The summed E-state index contributed by atoms with van der Waals surface area (Å²) in [4.78, 5) is 24.3. The van der Waals surface area contributed by atoms with Crippen molar-refractivity contribution in [2.24, 2.45) is 0 Å². The van der Waals surface area contributed by atoms with Gasteiger partial charge in [0.15, 0.2) is 5.78 Å². The van der Waals surface area contributed by atoms with Gasteiger partial charge in [0, 0.05) is 17.1 Å². The third-order valence-corrected chi connectivity index (χ3v) is 3.73. The zero-order valence-corrected chi connectivity index (χ0v) is 12.1. The molecule has 112 valence electrons. The number of rotatable bonds is 3. The fourth-order valence-electron chi connectivity index (χ4n) is 2.62. The van der Waals surface area contributed by atoms with Crippen LogP contribution in [-0.4, -0.2) is 15.6 Å². The quantitative estimate of drug-likeness (QED) is 0.431. The third-order valence-electron chi connectivity index (χ3n) is 3.73. The van der Waals surface area contributed by atoms with Gasteiger partial charge in [0.1, 0.15) is 23.0 Å². The number of carbonyl (C=O) groups is 1. The molecule has 0 amide bonds. The van der Waals surface area contributed by atoms with Crippen LogP contribution < -0.4 is 5.63 Å². The molecule has 0 spiro atoms. The van der Waals surface area contributed by atoms with Gasteiger partial charge in [0.05, 0.1) is 0 Å². The van der Waals surface area contributed by atoms with Crippen molar-refractivity contribution in [3.8, 4) is 0 Å². The highest BCUT2D eigenvalue weighted by Gasteiger charge is 2.13. The van der Waals surface area contributed by atoms with E-state index in [4.69, 9.17) is 4.42 Å². The van der Waals surface area contributed by atoms with Crippen molar-refractivity contribution >= 4 is 27.7 Å². The fraction of sp³-hybridized carbons (Fsp3) is 0.0556. The van der Waals surface area contributed by atoms with Crippen LogP contribution in [0, 0.1) is 0 Å². The molecule has 0 bridgehead atoms. The maximum Gasteiger partial charge on any atom is 0.347 e. The maximum absolute atomic E-state index is 12.3. The summed E-state index contributed by atoms with van der Waals surface area (Å²) in [5, 5.41) is 5.54. The van der Waals surface area contributed by atoms with Crippen LogP contribution in [0.5, 0.6) is 0 Å². The summed E-state index contributed by atoms with van der Waals surface area (Å²) in [7, 11) is 0. The van der Waals surface area contributed by atoms with Crippen molar-refractivity contribution in [2.75, 3.05) is 0 Å². The van der Waals surface area contributed by atoms with Gasteiger partial charge in [-0.1, -0.05) is 42.5 Å². The lowest BCUT2D eigenvalue weighted by molar-refractivity contribution is 0.0968. The molecule has 5 nitrogen and oxygen atoms in total. The molecule has 0 fully saturated rings. The van der Waals surface area contributed by atoms with Crippen LogP contribution in [0.2, 0.25) is 0 Å². The second-order valence-electron chi connectivity index (χ2n) is 5.26. The first-order valence-corrected chi connectivity index (χ1v) is 7.19. The SMILES string of the molecule is O=C(Cn1cc2c(=O)oc3ccccc3c2n1)c1ccccc1. The molecule has 4 aromatic rings. The van der Waals surface area contributed by atoms with Gasteiger partial charge in [-0.25, -0.2) is 4.79 Å². The average molecular weight is 304 g/mol. The standard InChI is InChI=1S/C18H12N2O3/c21-15(12-6-2-1-3-7-12)11-20-10-14-17(19-20)13-8-4-5-9-16(13)23-18(14)22/h1-10H,11H2. The lowest BCUT2D eigenvalue weighted by atomic mass is 10.1. The summed E-state index contributed by atoms with van der Waals surface area (Å²) in [5.74, 6) is -0.0629. The molecule has 0 N–H and O–H groups in total. The molecule has 0 saturated carbocycles. The summed E-state index contributed by atoms with van der Waals surface area (Å²) < 4.78 is 6.77. The summed E-state index contributed by atoms with van der Waals surface area (Å²) in [6.45, 7) is 0.0759. The van der Waals surface area contributed by atoms with E-state index in [9.17, 15) is 9.59 Å². The fourth-order valence-corrected chi connectivity index (χ4v) is 2.62. The Morgan fingerprint density at radius 1 is 1.00 bits per heavy atom. The molecule has 0 aliphatic rings. The van der Waals surface area contributed by atoms with Crippen LogP contribution in [0.25, 0.3) is 21.9 Å². The first-order valence-electron chi connectivity index (χ1n) is 7.19. The molecule has 0 aliphatic carbocycles. The second kappa shape index (κ2) is 5.21. The second-order valence-corrected chi connectivity index (χ2v) is 5.26. The van der Waals surface area contributed by atoms with E-state index in [1.54, 1.807) is 30.5 Å². The van der Waals surface area contributed by atoms with E-state index < -0.39 is 5.63 Å². The minimum absolute atomic E-state index is 0.0629. The van der Waals surface area contributed by atoms with E-state index >= 15 is 0 Å². The van der Waals surface area contributed by atoms with Crippen LogP contribution in [0.15, 0.2) is 70.0 Å². The number of hydrogen-bond acceptors (Lipinski definition) is 4. The minimum Gasteiger partial charge on any atom is -0.422 e. The van der Waals surface area contributed by atoms with Crippen molar-refractivity contribution in [1.82, 2.24) is 9.78 Å². The molecule has 0 saturated heterocycles. The zero-order chi connectivity index (χ0) is 15.8. The van der Waals surface area contributed by atoms with Crippen LogP contribution in [0.1, 0.15) is 10.4 Å². The molecule has 0 aliphatic heterocycles. The lowest BCUT2D eigenvalue weighted by Crippen LogP contribution is -2.10. The van der Waals surface area contributed by atoms with Gasteiger partial charge >= 0.3 is 5.63 Å². The number of hydrogen-bond donors (Lipinski definition) is 0. The van der Waals surface area contributed by atoms with E-state index in [0.717, 1.165) is 5.39 Å². The highest BCUT2D eigenvalue weighted by molar-refractivity contribution is 6.01. The Bertz CT molecular complexity index is 1080. The Kier molecular flexibility index (Phi) is 3.05. The predicted octanol–water partition coefficient (Wildman–Crippen LogP) is 3.03. The summed E-state index contributed by atoms with van der Waals surface area (Å²) >= 11 is 0. The number of benzene rings is 2. The number of para-hydroxylation sites is 1. The minimum atomic E-state index is -0.447. The number of Topliss-reactive ketones (excluding diaryl/α,β-unsaturated/α-hetero) is 1. The number of ketones is 1. The van der Waals surface area contributed by atoms with Crippen molar-refractivity contribution in [1.29, 1.82) is 0 Å². The topological polar surface area (TPSA) is 65.1 Å². The van der Waals surface area contributed by atoms with E-state index in [1.165, 1.54) is 4.68 Å².